The molecule has 0 saturated carbocycles. The molecule has 2 N–H and O–H groups in total. The van der Waals surface area contributed by atoms with Gasteiger partial charge in [0.25, 0.3) is 5.91 Å². The molecule has 2 aromatic carbocycles. The van der Waals surface area contributed by atoms with Gasteiger partial charge < -0.3 is 19.7 Å². The van der Waals surface area contributed by atoms with E-state index in [0.29, 0.717) is 22.5 Å². The molecule has 1 aliphatic carbocycles. The molecule has 0 fully saturated rings. The van der Waals surface area contributed by atoms with Crippen LogP contribution < -0.4 is 20.1 Å². The lowest BCUT2D eigenvalue weighted by Gasteiger charge is -2.22. The van der Waals surface area contributed by atoms with Crippen molar-refractivity contribution in [2.24, 2.45) is 0 Å². The number of carbonyl (C=O) groups excluding carboxylic acids is 1. The van der Waals surface area contributed by atoms with Crippen LogP contribution in [-0.2, 0) is 9.84 Å². The van der Waals surface area contributed by atoms with Crippen LogP contribution in [0.4, 0.5) is 5.69 Å². The third kappa shape index (κ3) is 6.64. The lowest BCUT2D eigenvalue weighted by Crippen LogP contribution is -2.29. The maximum atomic E-state index is 12.8. The van der Waals surface area contributed by atoms with Gasteiger partial charge in [0.2, 0.25) is 5.36 Å². The first-order valence-corrected chi connectivity index (χ1v) is 16.1. The molecule has 10 heteroatoms. The fourth-order valence-corrected chi connectivity index (χ4v) is 5.85. The minimum atomic E-state index is -3.49. The van der Waals surface area contributed by atoms with Gasteiger partial charge in [-0.1, -0.05) is 12.6 Å². The van der Waals surface area contributed by atoms with Crippen LogP contribution in [0.25, 0.3) is 33.4 Å². The Kier molecular flexibility index (Phi) is 9.70. The third-order valence-electron chi connectivity index (χ3n) is 7.65. The van der Waals surface area contributed by atoms with Gasteiger partial charge in [-0.15, -0.1) is 0 Å². The van der Waals surface area contributed by atoms with Crippen LogP contribution in [0.5, 0.6) is 0 Å². The van der Waals surface area contributed by atoms with E-state index in [1.165, 1.54) is 6.07 Å². The molecule has 2 aromatic rings. The fraction of sp³-hybridized carbons (Fsp3) is 0.303. The summed E-state index contributed by atoms with van der Waals surface area (Å²) >= 11 is 0. The van der Waals surface area contributed by atoms with Gasteiger partial charge in [-0.05, 0) is 63.6 Å². The normalized spacial score (nSPS) is 11.4. The van der Waals surface area contributed by atoms with Gasteiger partial charge in [-0.25, -0.2) is 17.8 Å². The maximum Gasteiger partial charge on any atom is 0.336 e. The first-order chi connectivity index (χ1) is 20.6. The van der Waals surface area contributed by atoms with Crippen LogP contribution in [-0.4, -0.2) is 63.9 Å². The Labute approximate surface area is 252 Å². The molecule has 4 rings (SSSR count). The summed E-state index contributed by atoms with van der Waals surface area (Å²) in [5.41, 5.74) is 3.54. The summed E-state index contributed by atoms with van der Waals surface area (Å²) in [5, 5.41) is 15.4. The molecule has 2 aliphatic rings. The number of aromatic carboxylic acids is 1. The number of carboxylic acid groups (broad SMARTS) is 1. The first-order valence-electron chi connectivity index (χ1n) is 14.4. The highest BCUT2D eigenvalue weighted by Gasteiger charge is 2.24. The Morgan fingerprint density at radius 2 is 1.67 bits per heavy atom. The average molecular weight is 605 g/mol. The predicted octanol–water partition coefficient (Wildman–Crippen LogP) is 4.85. The summed E-state index contributed by atoms with van der Waals surface area (Å²) in [7, 11) is -3.49. The number of amides is 1. The highest BCUT2D eigenvalue weighted by atomic mass is 32.2. The summed E-state index contributed by atoms with van der Waals surface area (Å²) in [5.74, 6) is -1.45. The van der Waals surface area contributed by atoms with Crippen LogP contribution in [0.15, 0.2) is 71.0 Å². The summed E-state index contributed by atoms with van der Waals surface area (Å²) in [6.07, 6.45) is 0. The third-order valence-corrected chi connectivity index (χ3v) is 8.93. The molecule has 1 heterocycles. The van der Waals surface area contributed by atoms with E-state index in [-0.39, 0.29) is 23.4 Å². The van der Waals surface area contributed by atoms with Crippen LogP contribution in [0.3, 0.4) is 0 Å². The second kappa shape index (κ2) is 13.2. The molecule has 0 saturated heterocycles. The monoisotopic (exact) mass is 604 g/mol. The molecule has 1 aliphatic heterocycles. The zero-order chi connectivity index (χ0) is 31.3. The van der Waals surface area contributed by atoms with E-state index >= 15 is 0 Å². The number of nitrogens with zero attached hydrogens (tertiary/aromatic N) is 2. The van der Waals surface area contributed by atoms with Crippen molar-refractivity contribution in [1.82, 2.24) is 9.89 Å². The predicted molar refractivity (Wildman–Crippen MR) is 171 cm³/mol. The Balaban J connectivity index is 1.94. The van der Waals surface area contributed by atoms with Crippen molar-refractivity contribution in [2.45, 2.75) is 27.7 Å². The second-order valence-electron chi connectivity index (χ2n) is 10.0. The Morgan fingerprint density at radius 1 is 0.977 bits per heavy atom. The zero-order valence-electron chi connectivity index (χ0n) is 25.0. The van der Waals surface area contributed by atoms with Crippen molar-refractivity contribution in [3.63, 3.8) is 0 Å². The van der Waals surface area contributed by atoms with E-state index in [1.54, 1.807) is 12.1 Å². The number of hydrogen-bond donors (Lipinski definition) is 2. The van der Waals surface area contributed by atoms with E-state index in [1.807, 2.05) is 36.4 Å². The van der Waals surface area contributed by atoms with Gasteiger partial charge >= 0.3 is 5.97 Å². The molecule has 0 atom stereocenters. The highest BCUT2D eigenvalue weighted by Crippen LogP contribution is 2.42. The fourth-order valence-electron chi connectivity index (χ4n) is 5.30. The van der Waals surface area contributed by atoms with Crippen LogP contribution >= 0.6 is 0 Å². The molecule has 0 radical (unpaired) electrons. The molecule has 1 amide bonds. The number of anilines is 1. The van der Waals surface area contributed by atoms with Crippen LogP contribution in [0, 0.1) is 0 Å². The molecule has 9 nitrogen and oxygen atoms in total. The lowest BCUT2D eigenvalue weighted by atomic mass is 9.89. The second-order valence-corrected chi connectivity index (χ2v) is 12.1. The van der Waals surface area contributed by atoms with Gasteiger partial charge in [0.1, 0.15) is 24.4 Å². The number of fused-ring (bicyclic) bond motifs is 2. The smallest absolute Gasteiger partial charge is 0.336 e. The average Bonchev–Trinajstić information content (AvgIpc) is 3.00. The molecule has 43 heavy (non-hydrogen) atoms. The summed E-state index contributed by atoms with van der Waals surface area (Å²) in [6, 6.07) is 16.4. The highest BCUT2D eigenvalue weighted by molar-refractivity contribution is 7.94. The number of sulfone groups is 1. The minimum absolute atomic E-state index is 0.0548. The molecule has 0 bridgehead atoms. The van der Waals surface area contributed by atoms with E-state index in [2.05, 4.69) is 49.1 Å². The van der Waals surface area contributed by atoms with E-state index in [9.17, 15) is 23.1 Å². The number of carboxylic acids is 1. The van der Waals surface area contributed by atoms with Crippen molar-refractivity contribution in [3.05, 3.63) is 83.1 Å². The number of benzene rings is 3. The Hall–Kier alpha value is -4.44. The summed E-state index contributed by atoms with van der Waals surface area (Å²) in [6.45, 7) is 14.8. The summed E-state index contributed by atoms with van der Waals surface area (Å²) < 4.78 is 32.1. The quantitative estimate of drug-likeness (QED) is 0.175. The van der Waals surface area contributed by atoms with E-state index in [0.717, 1.165) is 53.6 Å². The van der Waals surface area contributed by atoms with E-state index < -0.39 is 21.7 Å². The van der Waals surface area contributed by atoms with Gasteiger partial charge in [0.15, 0.2) is 9.84 Å². The number of hydrogen-bond acceptors (Lipinski definition) is 6. The lowest BCUT2D eigenvalue weighted by molar-refractivity contribution is 0.0697. The van der Waals surface area contributed by atoms with Gasteiger partial charge in [0.05, 0.1) is 17.4 Å². The van der Waals surface area contributed by atoms with Crippen molar-refractivity contribution in [2.75, 3.05) is 43.4 Å². The number of rotatable bonds is 12. The first kappa shape index (κ1) is 31.5. The summed E-state index contributed by atoms with van der Waals surface area (Å²) in [4.78, 5) is 27.7. The van der Waals surface area contributed by atoms with Crippen molar-refractivity contribution >= 4 is 38.4 Å². The van der Waals surface area contributed by atoms with Crippen LogP contribution in [0.2, 0.25) is 0 Å². The van der Waals surface area contributed by atoms with Crippen molar-refractivity contribution in [3.8, 4) is 22.5 Å². The number of carbonyl (C=O) groups is 2. The largest absolute Gasteiger partial charge is 0.478 e. The number of nitrogens with one attached hydrogen (secondary N) is 1. The maximum absolute atomic E-state index is 12.8. The van der Waals surface area contributed by atoms with E-state index in [4.69, 9.17) is 4.42 Å². The van der Waals surface area contributed by atoms with Gasteiger partial charge in [-0.2, -0.15) is 0 Å². The Bertz CT molecular complexity index is 1830. The van der Waals surface area contributed by atoms with Gasteiger partial charge in [-0.3, -0.25) is 4.79 Å². The zero-order valence-corrected chi connectivity index (χ0v) is 25.8. The molecule has 226 valence electrons. The van der Waals surface area contributed by atoms with Crippen LogP contribution in [0.1, 0.15) is 48.4 Å². The molecular formula is C33H38N3O6S+. The minimum Gasteiger partial charge on any atom is -0.478 e. The van der Waals surface area contributed by atoms with Crippen molar-refractivity contribution < 1.29 is 27.5 Å². The standard InChI is InChI=1S/C33H37N3O6S/c1-6-35(7-2)23-12-15-26-29(20-23)42-30-21-24(36(8-3)9-4)13-16-27(30)31(26)25-14-11-22(19-28(25)33(38)39)32(37)34-17-18-43(40,41)10-5/h10-16,19-21H,5-9,17-18H2,1-4H3,(H-,34,37,38,39)/p+1. The molecule has 0 aromatic heterocycles. The van der Waals surface area contributed by atoms with Crippen molar-refractivity contribution in [1.29, 1.82) is 0 Å². The topological polar surface area (TPSA) is 120 Å². The van der Waals surface area contributed by atoms with Gasteiger partial charge in [0, 0.05) is 64.9 Å². The molecule has 0 unspecified atom stereocenters. The molecule has 0 spiro atoms. The SMILES string of the molecule is C=CS(=O)(=O)CCNC(=O)c1ccc(-c2c3ccc(=[N+](CC)CC)cc-3oc3cc(N(CC)CC)ccc23)c(C(=O)O)c1. The molecular weight excluding hydrogens is 566 g/mol. The Morgan fingerprint density at radius 3 is 2.30 bits per heavy atom.